The number of fused-ring (bicyclic) bond motifs is 4. The Bertz CT molecular complexity index is 3690. The number of Topliss-reactive ketones (excluding diaryl/α,β-unsaturated/α-hetero) is 3. The molecule has 97 heavy (non-hydrogen) atoms. The first-order chi connectivity index (χ1) is 46.7. The molecule has 5 heterocycles. The number of methoxy groups -OCH3 is 3. The zero-order valence-electron chi connectivity index (χ0n) is 56.2. The maximum atomic E-state index is 14.5. The minimum Gasteiger partial charge on any atom is -0.497 e. The number of ether oxygens (including phenoxy) is 6. The molecule has 4 aromatic carbocycles. The Morgan fingerprint density at radius 1 is 0.701 bits per heavy atom. The molecule has 0 unspecified atom stereocenters. The van der Waals surface area contributed by atoms with Gasteiger partial charge in [0.2, 0.25) is 11.8 Å². The van der Waals surface area contributed by atoms with Gasteiger partial charge in [-0.3, -0.25) is 48.1 Å². The van der Waals surface area contributed by atoms with Crippen LogP contribution in [0.5, 0.6) is 28.7 Å². The van der Waals surface area contributed by atoms with Crippen molar-refractivity contribution in [1.82, 2.24) is 25.3 Å². The maximum absolute atomic E-state index is 14.5. The molecule has 23 nitrogen and oxygen atoms in total. The van der Waals surface area contributed by atoms with Crippen LogP contribution in [-0.4, -0.2) is 157 Å². The lowest BCUT2D eigenvalue weighted by Gasteiger charge is -2.31. The smallest absolute Gasteiger partial charge is 0.416 e. The predicted molar refractivity (Wildman–Crippen MR) is 357 cm³/mol. The van der Waals surface area contributed by atoms with Crippen LogP contribution >= 0.6 is 0 Å². The molecule has 1 saturated carbocycles. The Kier molecular flexibility index (Phi) is 23.0. The largest absolute Gasteiger partial charge is 0.497 e. The van der Waals surface area contributed by atoms with Gasteiger partial charge in [0.1, 0.15) is 18.1 Å². The molecule has 0 radical (unpaired) electrons. The third-order valence-electron chi connectivity index (χ3n) is 19.4. The number of hydrogen-bond donors (Lipinski definition) is 3. The summed E-state index contributed by atoms with van der Waals surface area (Å²) in [4.78, 5) is 137. The molecule has 5 aliphatic heterocycles. The summed E-state index contributed by atoms with van der Waals surface area (Å²) >= 11 is 0. The Hall–Kier alpha value is -9.38. The van der Waals surface area contributed by atoms with Crippen LogP contribution in [0.2, 0.25) is 0 Å². The molecule has 1 spiro atoms. The van der Waals surface area contributed by atoms with Gasteiger partial charge in [0, 0.05) is 87.1 Å². The quantitative estimate of drug-likeness (QED) is 0.0297. The van der Waals surface area contributed by atoms with Crippen LogP contribution in [0.1, 0.15) is 160 Å². The number of carbonyl (C=O) groups is 10. The summed E-state index contributed by atoms with van der Waals surface area (Å²) in [5.41, 5.74) is 5.02. The van der Waals surface area contributed by atoms with Gasteiger partial charge < -0.3 is 54.0 Å². The lowest BCUT2D eigenvalue weighted by atomic mass is 9.89. The highest BCUT2D eigenvalue weighted by molar-refractivity contribution is 6.13. The van der Waals surface area contributed by atoms with Crippen molar-refractivity contribution in [3.8, 4) is 28.7 Å². The molecule has 4 aromatic rings. The monoisotopic (exact) mass is 1330 g/mol. The lowest BCUT2D eigenvalue weighted by molar-refractivity contribution is -0.137. The molecular weight excluding hydrogens is 1240 g/mol. The highest BCUT2D eigenvalue weighted by atomic mass is 16.6. The molecule has 1 aliphatic carbocycles. The van der Waals surface area contributed by atoms with Crippen LogP contribution in [0, 0.1) is 17.3 Å². The van der Waals surface area contributed by atoms with E-state index in [1.165, 1.54) is 19.3 Å². The molecule has 0 bridgehead atoms. The van der Waals surface area contributed by atoms with E-state index in [0.29, 0.717) is 92.7 Å². The molecular formula is C74H88N6O17. The summed E-state index contributed by atoms with van der Waals surface area (Å²) < 4.78 is 35.3. The van der Waals surface area contributed by atoms with E-state index in [4.69, 9.17) is 28.4 Å². The van der Waals surface area contributed by atoms with Crippen molar-refractivity contribution in [2.75, 3.05) is 59.1 Å². The van der Waals surface area contributed by atoms with E-state index in [-0.39, 0.29) is 140 Å². The van der Waals surface area contributed by atoms with Crippen molar-refractivity contribution >= 4 is 70.1 Å². The first-order valence-electron chi connectivity index (χ1n) is 33.7. The van der Waals surface area contributed by atoms with Crippen molar-refractivity contribution in [3.63, 3.8) is 0 Å². The first kappa shape index (κ1) is 70.4. The van der Waals surface area contributed by atoms with Gasteiger partial charge in [-0.05, 0) is 147 Å². The van der Waals surface area contributed by atoms with Gasteiger partial charge in [-0.2, -0.15) is 0 Å². The topological polar surface area (TPSA) is 283 Å². The van der Waals surface area contributed by atoms with Gasteiger partial charge in [-0.1, -0.05) is 56.7 Å². The number of carbonyl (C=O) groups excluding carboxylic acids is 10. The van der Waals surface area contributed by atoms with E-state index in [9.17, 15) is 53.1 Å². The Morgan fingerprint density at radius 2 is 1.36 bits per heavy atom. The SMILES string of the molecule is COc1ccc(C2=CN3C(=O)c4cc(OC)c(OCCCCCOc5cc6c(cc5OC)C(=O)N5CC7(CC7)C[C@H]5[C@H](O)N6C(=O)OCc5ccc(CC(=O)[C@H](C)NC(=O)[C@@H](CC(=O)CNC(=O)CCC(=O)CCCCCN6C(=O)C=CC6=O)C(C)C)cc5)cc4CC[C@@H]3C2)cc1. The third kappa shape index (κ3) is 17.1. The van der Waals surface area contributed by atoms with Gasteiger partial charge >= 0.3 is 6.09 Å². The van der Waals surface area contributed by atoms with Crippen molar-refractivity contribution in [1.29, 1.82) is 0 Å². The predicted octanol–water partition coefficient (Wildman–Crippen LogP) is 8.81. The van der Waals surface area contributed by atoms with E-state index < -0.39 is 42.1 Å². The molecule has 0 aromatic heterocycles. The number of benzene rings is 4. The molecule has 23 heteroatoms. The molecule has 5 atom stereocenters. The Morgan fingerprint density at radius 3 is 2.02 bits per heavy atom. The molecule has 3 N–H and O–H groups in total. The molecule has 6 aliphatic rings. The number of nitrogens with zero attached hydrogens (tertiary/aromatic N) is 4. The number of anilines is 1. The second-order valence-electron chi connectivity index (χ2n) is 26.5. The van der Waals surface area contributed by atoms with E-state index in [1.807, 2.05) is 41.4 Å². The highest BCUT2D eigenvalue weighted by Crippen LogP contribution is 2.57. The van der Waals surface area contributed by atoms with Gasteiger partial charge in [-0.15, -0.1) is 0 Å². The fraction of sp³-hybridized carbons (Fsp3) is 0.486. The van der Waals surface area contributed by atoms with Gasteiger partial charge in [0.15, 0.2) is 40.8 Å². The molecule has 10 rings (SSSR count). The number of aliphatic hydroxyl groups is 1. The summed E-state index contributed by atoms with van der Waals surface area (Å²) in [5, 5.41) is 17.5. The zero-order valence-corrected chi connectivity index (χ0v) is 56.2. The number of imide groups is 1. The summed E-state index contributed by atoms with van der Waals surface area (Å²) in [7, 11) is 4.67. The van der Waals surface area contributed by atoms with E-state index in [2.05, 4.69) is 10.6 Å². The third-order valence-corrected chi connectivity index (χ3v) is 19.4. The van der Waals surface area contributed by atoms with Crippen molar-refractivity contribution < 1.29 is 81.5 Å². The van der Waals surface area contributed by atoms with Crippen molar-refractivity contribution in [2.24, 2.45) is 17.3 Å². The minimum atomic E-state index is -1.45. The van der Waals surface area contributed by atoms with Gasteiger partial charge in [0.25, 0.3) is 23.6 Å². The fourth-order valence-electron chi connectivity index (χ4n) is 13.4. The van der Waals surface area contributed by atoms with Crippen LogP contribution in [0.25, 0.3) is 5.57 Å². The number of amides is 7. The molecule has 7 amide bonds. The van der Waals surface area contributed by atoms with Crippen LogP contribution < -0.4 is 39.2 Å². The van der Waals surface area contributed by atoms with Crippen molar-refractivity contribution in [3.05, 3.63) is 125 Å². The van der Waals surface area contributed by atoms with Crippen LogP contribution in [0.15, 0.2) is 91.1 Å². The summed E-state index contributed by atoms with van der Waals surface area (Å²) in [5.74, 6) is -1.58. The average Bonchev–Trinajstić information content (AvgIpc) is 1.56. The lowest BCUT2D eigenvalue weighted by Crippen LogP contribution is -2.50. The first-order valence-corrected chi connectivity index (χ1v) is 33.7. The van der Waals surface area contributed by atoms with E-state index in [1.54, 1.807) is 82.4 Å². The van der Waals surface area contributed by atoms with E-state index >= 15 is 0 Å². The normalized spacial score (nSPS) is 18.7. The van der Waals surface area contributed by atoms with Gasteiger partial charge in [-0.25, -0.2) is 9.69 Å². The summed E-state index contributed by atoms with van der Waals surface area (Å²) in [6.07, 6.45) is 10.3. The average molecular weight is 1330 g/mol. The highest BCUT2D eigenvalue weighted by Gasteiger charge is 2.58. The van der Waals surface area contributed by atoms with E-state index in [0.717, 1.165) is 57.9 Å². The Balaban J connectivity index is 0.680. The standard InChI is InChI=1S/C74H88N6O17/c1-45(2)56(36-54(82)41-75-66(84)25-22-53(81)13-9-7-10-30-77-67(85)26-27-68(77)86)69(87)76-46(3)61(83)33-47-14-16-48(17-15-47)43-97-73(91)80-59-39-65(63(94-6)38-58(59)71(89)79-44-74(28-29-74)40-60(79)72(80)90)96-32-12-8-11-31-95-64-35-50-18-21-52-34-51(49-19-23-55(92-4)24-20-49)42-78(52)70(88)57(50)37-62(64)93-5/h14-17,19-20,23-24,26-27,35,37-39,42,45-46,52,56,60,72,90H,7-13,18,21-22,25,28-34,36,40-41,43-44H2,1-6H3,(H,75,84)(H,76,87)/t46-,52+,56-,60-,72-/m0/s1. The number of ketones is 3. The second-order valence-corrected chi connectivity index (χ2v) is 26.5. The minimum absolute atomic E-state index is 0.00435. The second kappa shape index (κ2) is 31.7. The van der Waals surface area contributed by atoms with Crippen LogP contribution in [-0.2, 0) is 57.7 Å². The summed E-state index contributed by atoms with van der Waals surface area (Å²) in [6.45, 7) is 5.94. The van der Waals surface area contributed by atoms with Gasteiger partial charge in [0.05, 0.1) is 64.4 Å². The zero-order chi connectivity index (χ0) is 69.1. The number of nitrogens with one attached hydrogen (secondary N) is 2. The number of rotatable bonds is 33. The molecule has 2 fully saturated rings. The van der Waals surface area contributed by atoms with Crippen molar-refractivity contribution in [2.45, 2.75) is 161 Å². The number of aliphatic hydroxyl groups excluding tert-OH is 1. The summed E-state index contributed by atoms with van der Waals surface area (Å²) in [6, 6.07) is 19.9. The number of aryl methyl sites for hydroxylation is 1. The number of hydrogen-bond acceptors (Lipinski definition) is 17. The molecule has 516 valence electrons. The Labute approximate surface area is 565 Å². The fourth-order valence-corrected chi connectivity index (χ4v) is 13.4. The van der Waals surface area contributed by atoms with Crippen LogP contribution in [0.4, 0.5) is 10.5 Å². The maximum Gasteiger partial charge on any atom is 0.416 e. The van der Waals surface area contributed by atoms with Crippen LogP contribution in [0.3, 0.4) is 0 Å². The number of unbranched alkanes of at least 4 members (excludes halogenated alkanes) is 4. The molecule has 1 saturated heterocycles.